The van der Waals surface area contributed by atoms with Gasteiger partial charge in [0.2, 0.25) is 5.91 Å². The zero-order valence-corrected chi connectivity index (χ0v) is 13.7. The molecule has 2 aromatic rings. The van der Waals surface area contributed by atoms with Gasteiger partial charge in [0.1, 0.15) is 12.4 Å². The van der Waals surface area contributed by atoms with Gasteiger partial charge in [0, 0.05) is 13.0 Å². The van der Waals surface area contributed by atoms with Crippen LogP contribution >= 0.6 is 0 Å². The van der Waals surface area contributed by atoms with E-state index in [0.717, 1.165) is 23.9 Å². The first-order valence-corrected chi connectivity index (χ1v) is 8.83. The van der Waals surface area contributed by atoms with Gasteiger partial charge in [-0.3, -0.25) is 4.79 Å². The van der Waals surface area contributed by atoms with Crippen LogP contribution in [0.25, 0.3) is 0 Å². The number of tetrazole rings is 1. The van der Waals surface area contributed by atoms with Crippen LogP contribution in [-0.2, 0) is 11.2 Å². The second-order valence-corrected chi connectivity index (χ2v) is 7.18. The van der Waals surface area contributed by atoms with Crippen LogP contribution in [0.1, 0.15) is 37.3 Å². The highest BCUT2D eigenvalue weighted by molar-refractivity contribution is 5.80. The summed E-state index contributed by atoms with van der Waals surface area (Å²) in [6, 6.07) is 9.60. The molecule has 6 nitrogen and oxygen atoms in total. The van der Waals surface area contributed by atoms with Crippen LogP contribution in [-0.4, -0.2) is 32.7 Å². The molecule has 0 saturated heterocycles. The molecule has 2 aliphatic rings. The summed E-state index contributed by atoms with van der Waals surface area (Å²) >= 11 is 0. The SMILES string of the molecule is O=C(NCC1CC2CCC1C2)C(Cc1ccccc1)n1cnnn1. The smallest absolute Gasteiger partial charge is 0.245 e. The molecule has 24 heavy (non-hydrogen) atoms. The fourth-order valence-electron chi connectivity index (χ4n) is 4.43. The molecule has 2 bridgehead atoms. The van der Waals surface area contributed by atoms with E-state index in [4.69, 9.17) is 0 Å². The van der Waals surface area contributed by atoms with Crippen molar-refractivity contribution in [1.29, 1.82) is 0 Å². The topological polar surface area (TPSA) is 72.7 Å². The molecule has 1 aromatic heterocycles. The molecule has 4 unspecified atom stereocenters. The summed E-state index contributed by atoms with van der Waals surface area (Å²) in [4.78, 5) is 12.8. The lowest BCUT2D eigenvalue weighted by atomic mass is 9.89. The number of fused-ring (bicyclic) bond motifs is 2. The molecule has 0 spiro atoms. The van der Waals surface area contributed by atoms with Crippen LogP contribution < -0.4 is 5.32 Å². The molecule has 4 atom stereocenters. The second-order valence-electron chi connectivity index (χ2n) is 7.18. The average Bonchev–Trinajstić information content (AvgIpc) is 3.36. The Labute approximate surface area is 141 Å². The van der Waals surface area contributed by atoms with Gasteiger partial charge in [0.05, 0.1) is 0 Å². The predicted octanol–water partition coefficient (Wildman–Crippen LogP) is 2.01. The summed E-state index contributed by atoms with van der Waals surface area (Å²) in [5.41, 5.74) is 1.10. The Morgan fingerprint density at radius 3 is 2.79 bits per heavy atom. The minimum absolute atomic E-state index is 0.00827. The number of nitrogens with zero attached hydrogens (tertiary/aromatic N) is 4. The van der Waals surface area contributed by atoms with E-state index in [1.165, 1.54) is 32.0 Å². The molecule has 0 aliphatic heterocycles. The van der Waals surface area contributed by atoms with Gasteiger partial charge < -0.3 is 5.32 Å². The molecule has 1 heterocycles. The van der Waals surface area contributed by atoms with E-state index in [1.54, 1.807) is 4.68 Å². The van der Waals surface area contributed by atoms with Crippen molar-refractivity contribution >= 4 is 5.91 Å². The molecular weight excluding hydrogens is 302 g/mol. The first-order chi connectivity index (χ1) is 11.8. The first kappa shape index (κ1) is 15.3. The van der Waals surface area contributed by atoms with E-state index in [1.807, 2.05) is 30.3 Å². The lowest BCUT2D eigenvalue weighted by Gasteiger charge is -2.23. The van der Waals surface area contributed by atoms with E-state index >= 15 is 0 Å². The Hall–Kier alpha value is -2.24. The minimum Gasteiger partial charge on any atom is -0.354 e. The van der Waals surface area contributed by atoms with Crippen LogP contribution in [0, 0.1) is 17.8 Å². The van der Waals surface area contributed by atoms with Crippen molar-refractivity contribution in [3.8, 4) is 0 Å². The maximum absolute atomic E-state index is 12.8. The van der Waals surface area contributed by atoms with E-state index < -0.39 is 6.04 Å². The molecule has 126 valence electrons. The maximum atomic E-state index is 12.8. The quantitative estimate of drug-likeness (QED) is 0.882. The van der Waals surface area contributed by atoms with Crippen LogP contribution in [0.5, 0.6) is 0 Å². The van der Waals surface area contributed by atoms with Crippen molar-refractivity contribution in [3.05, 3.63) is 42.2 Å². The number of hydrogen-bond acceptors (Lipinski definition) is 4. The molecular formula is C18H23N5O. The largest absolute Gasteiger partial charge is 0.354 e. The van der Waals surface area contributed by atoms with Crippen LogP contribution in [0.4, 0.5) is 0 Å². The Morgan fingerprint density at radius 1 is 1.25 bits per heavy atom. The van der Waals surface area contributed by atoms with Crippen molar-refractivity contribution in [3.63, 3.8) is 0 Å². The third-order valence-electron chi connectivity index (χ3n) is 5.68. The highest BCUT2D eigenvalue weighted by Crippen LogP contribution is 2.47. The summed E-state index contributed by atoms with van der Waals surface area (Å²) in [5.74, 6) is 2.38. The fraction of sp³-hybridized carbons (Fsp3) is 0.556. The first-order valence-electron chi connectivity index (χ1n) is 8.83. The zero-order chi connectivity index (χ0) is 16.4. The average molecular weight is 325 g/mol. The Kier molecular flexibility index (Phi) is 4.28. The minimum atomic E-state index is -0.402. The Bertz CT molecular complexity index is 672. The summed E-state index contributed by atoms with van der Waals surface area (Å²) < 4.78 is 1.56. The van der Waals surface area contributed by atoms with Crippen LogP contribution in [0.15, 0.2) is 36.7 Å². The van der Waals surface area contributed by atoms with E-state index in [2.05, 4.69) is 20.8 Å². The Morgan fingerprint density at radius 2 is 2.12 bits per heavy atom. The molecule has 1 aromatic carbocycles. The molecule has 1 amide bonds. The number of amides is 1. The van der Waals surface area contributed by atoms with Gasteiger partial charge in [-0.1, -0.05) is 36.8 Å². The van der Waals surface area contributed by atoms with Gasteiger partial charge in [-0.15, -0.1) is 5.10 Å². The number of carbonyl (C=O) groups excluding carboxylic acids is 1. The number of benzene rings is 1. The monoisotopic (exact) mass is 325 g/mol. The highest BCUT2D eigenvalue weighted by atomic mass is 16.2. The number of hydrogen-bond donors (Lipinski definition) is 1. The lowest BCUT2D eigenvalue weighted by Crippen LogP contribution is -2.38. The van der Waals surface area contributed by atoms with Gasteiger partial charge >= 0.3 is 0 Å². The van der Waals surface area contributed by atoms with E-state index in [0.29, 0.717) is 12.3 Å². The highest BCUT2D eigenvalue weighted by Gasteiger charge is 2.39. The maximum Gasteiger partial charge on any atom is 0.245 e. The number of aromatic nitrogens is 4. The van der Waals surface area contributed by atoms with Crippen molar-refractivity contribution in [2.24, 2.45) is 17.8 Å². The van der Waals surface area contributed by atoms with Crippen molar-refractivity contribution in [2.75, 3.05) is 6.54 Å². The fourth-order valence-corrected chi connectivity index (χ4v) is 4.43. The van der Waals surface area contributed by atoms with Crippen LogP contribution in [0.3, 0.4) is 0 Å². The van der Waals surface area contributed by atoms with Gasteiger partial charge in [0.25, 0.3) is 0 Å². The van der Waals surface area contributed by atoms with Gasteiger partial charge in [0.15, 0.2) is 0 Å². The van der Waals surface area contributed by atoms with Crippen LogP contribution in [0.2, 0.25) is 0 Å². The third-order valence-corrected chi connectivity index (χ3v) is 5.68. The standard InChI is InChI=1S/C18H23N5O/c24-18(19-11-16-9-14-6-7-15(16)8-14)17(23-12-20-21-22-23)10-13-4-2-1-3-5-13/h1-5,12,14-17H,6-11H2,(H,19,24). The molecule has 4 rings (SSSR count). The van der Waals surface area contributed by atoms with E-state index in [-0.39, 0.29) is 5.91 Å². The number of carbonyl (C=O) groups is 1. The second kappa shape index (κ2) is 6.71. The lowest BCUT2D eigenvalue weighted by molar-refractivity contribution is -0.124. The van der Waals surface area contributed by atoms with Crippen molar-refractivity contribution in [2.45, 2.75) is 38.1 Å². The number of nitrogens with one attached hydrogen (secondary N) is 1. The predicted molar refractivity (Wildman–Crippen MR) is 88.9 cm³/mol. The zero-order valence-electron chi connectivity index (χ0n) is 13.7. The molecule has 2 fully saturated rings. The normalized spacial score (nSPS) is 26.4. The van der Waals surface area contributed by atoms with Gasteiger partial charge in [-0.2, -0.15) is 0 Å². The molecule has 2 aliphatic carbocycles. The summed E-state index contributed by atoms with van der Waals surface area (Å²) in [6.45, 7) is 0.785. The van der Waals surface area contributed by atoms with Crippen molar-refractivity contribution in [1.82, 2.24) is 25.5 Å². The van der Waals surface area contributed by atoms with Gasteiger partial charge in [-0.05, 0) is 53.0 Å². The molecule has 0 radical (unpaired) electrons. The third kappa shape index (κ3) is 3.18. The summed E-state index contributed by atoms with van der Waals surface area (Å²) in [5, 5.41) is 14.5. The molecule has 2 saturated carbocycles. The Balaban J connectivity index is 1.41. The van der Waals surface area contributed by atoms with Crippen molar-refractivity contribution < 1.29 is 4.79 Å². The summed E-state index contributed by atoms with van der Waals surface area (Å²) in [7, 11) is 0. The molecule has 1 N–H and O–H groups in total. The summed E-state index contributed by atoms with van der Waals surface area (Å²) in [6.07, 6.45) is 7.47. The molecule has 6 heteroatoms. The van der Waals surface area contributed by atoms with E-state index in [9.17, 15) is 4.79 Å². The number of rotatable bonds is 6. The van der Waals surface area contributed by atoms with Gasteiger partial charge in [-0.25, -0.2) is 4.68 Å².